The highest BCUT2D eigenvalue weighted by Crippen LogP contribution is 2.33. The first-order chi connectivity index (χ1) is 11.8. The first-order valence-corrected chi connectivity index (χ1v) is 9.20. The maximum atomic E-state index is 6.41. The highest BCUT2D eigenvalue weighted by molar-refractivity contribution is 5.47. The second-order valence-electron chi connectivity index (χ2n) is 6.91. The van der Waals surface area contributed by atoms with Gasteiger partial charge in [0.2, 0.25) is 0 Å². The predicted molar refractivity (Wildman–Crippen MR) is 97.2 cm³/mol. The Morgan fingerprint density at radius 2 is 1.88 bits per heavy atom. The zero-order chi connectivity index (χ0) is 16.8. The van der Waals surface area contributed by atoms with Crippen molar-refractivity contribution in [3.8, 4) is 11.5 Å². The first-order valence-electron chi connectivity index (χ1n) is 9.20. The van der Waals surface area contributed by atoms with Gasteiger partial charge in [0.15, 0.2) is 11.5 Å². The molecule has 0 amide bonds. The molecule has 0 radical (unpaired) electrons. The summed E-state index contributed by atoms with van der Waals surface area (Å²) in [6.07, 6.45) is 3.49. The number of methoxy groups -OCH3 is 1. The lowest BCUT2D eigenvalue weighted by molar-refractivity contribution is 0.110. The minimum atomic E-state index is 0.301. The second kappa shape index (κ2) is 8.70. The third kappa shape index (κ3) is 4.62. The number of piperazine rings is 1. The average Bonchev–Trinajstić information content (AvgIpc) is 2.63. The summed E-state index contributed by atoms with van der Waals surface area (Å²) < 4.78 is 12.0. The van der Waals surface area contributed by atoms with Crippen molar-refractivity contribution in [1.29, 1.82) is 0 Å². The van der Waals surface area contributed by atoms with Gasteiger partial charge in [-0.3, -0.25) is 0 Å². The van der Waals surface area contributed by atoms with Crippen LogP contribution in [0, 0.1) is 0 Å². The normalized spacial score (nSPS) is 20.9. The summed E-state index contributed by atoms with van der Waals surface area (Å²) in [5.74, 6) is 1.83. The third-order valence-electron chi connectivity index (χ3n) is 5.14. The molecule has 0 aromatic heterocycles. The molecule has 0 saturated carbocycles. The molecule has 0 atom stereocenters. The first kappa shape index (κ1) is 17.5. The number of hydrogen-bond donors (Lipinski definition) is 1. The minimum Gasteiger partial charge on any atom is -0.493 e. The Hall–Kier alpha value is -1.30. The van der Waals surface area contributed by atoms with Crippen molar-refractivity contribution in [2.24, 2.45) is 0 Å². The van der Waals surface area contributed by atoms with Crippen LogP contribution >= 0.6 is 0 Å². The van der Waals surface area contributed by atoms with Crippen LogP contribution in [0.3, 0.4) is 0 Å². The van der Waals surface area contributed by atoms with Gasteiger partial charge in [-0.15, -0.1) is 0 Å². The van der Waals surface area contributed by atoms with Gasteiger partial charge in [0.05, 0.1) is 7.11 Å². The summed E-state index contributed by atoms with van der Waals surface area (Å²) >= 11 is 0. The van der Waals surface area contributed by atoms with Crippen LogP contribution in [0.25, 0.3) is 0 Å². The molecule has 24 heavy (non-hydrogen) atoms. The number of para-hydroxylation sites is 1. The lowest BCUT2D eigenvalue weighted by Gasteiger charge is -2.31. The molecule has 1 aromatic carbocycles. The Morgan fingerprint density at radius 3 is 2.58 bits per heavy atom. The summed E-state index contributed by atoms with van der Waals surface area (Å²) in [5, 5.41) is 3.41. The molecular formula is C19H31N3O2. The van der Waals surface area contributed by atoms with E-state index in [9.17, 15) is 0 Å². The van der Waals surface area contributed by atoms with Crippen molar-refractivity contribution in [3.05, 3.63) is 23.8 Å². The van der Waals surface area contributed by atoms with E-state index in [-0.39, 0.29) is 0 Å². The van der Waals surface area contributed by atoms with Crippen LogP contribution < -0.4 is 14.8 Å². The third-order valence-corrected chi connectivity index (χ3v) is 5.14. The molecule has 0 aliphatic carbocycles. The standard InChI is InChI=1S/C19H31N3O2/c1-21-11-7-17(8-12-21)24-19-16(4-3-5-18(19)23-2)6-13-22-14-9-20-10-15-22/h3-5,17,20H,6-15H2,1-2H3. The van der Waals surface area contributed by atoms with Crippen LogP contribution in [-0.4, -0.2) is 75.9 Å². The van der Waals surface area contributed by atoms with Gasteiger partial charge in [0.25, 0.3) is 0 Å². The summed E-state index contributed by atoms with van der Waals surface area (Å²) in [4.78, 5) is 4.89. The number of hydrogen-bond acceptors (Lipinski definition) is 5. The van der Waals surface area contributed by atoms with Crippen LogP contribution in [0.4, 0.5) is 0 Å². The van der Waals surface area contributed by atoms with Crippen molar-refractivity contribution >= 4 is 0 Å². The van der Waals surface area contributed by atoms with E-state index in [1.807, 2.05) is 6.07 Å². The Labute approximate surface area is 145 Å². The SMILES string of the molecule is COc1cccc(CCN2CCNCC2)c1OC1CCN(C)CC1. The van der Waals surface area contributed by atoms with Crippen molar-refractivity contribution in [3.63, 3.8) is 0 Å². The van der Waals surface area contributed by atoms with Gasteiger partial charge < -0.3 is 24.6 Å². The summed E-state index contributed by atoms with van der Waals surface area (Å²) in [7, 11) is 3.91. The number of rotatable bonds is 6. The zero-order valence-corrected chi connectivity index (χ0v) is 15.1. The summed E-state index contributed by atoms with van der Waals surface area (Å²) in [6.45, 7) is 7.75. The molecule has 5 heteroatoms. The molecule has 1 aromatic rings. The van der Waals surface area contributed by atoms with Crippen LogP contribution in [0.5, 0.6) is 11.5 Å². The van der Waals surface area contributed by atoms with Crippen molar-refractivity contribution in [2.45, 2.75) is 25.4 Å². The smallest absolute Gasteiger partial charge is 0.164 e. The fraction of sp³-hybridized carbons (Fsp3) is 0.684. The lowest BCUT2D eigenvalue weighted by atomic mass is 10.1. The van der Waals surface area contributed by atoms with E-state index in [1.165, 1.54) is 5.56 Å². The molecule has 2 aliphatic rings. The van der Waals surface area contributed by atoms with Crippen molar-refractivity contribution in [2.75, 3.05) is 60.0 Å². The van der Waals surface area contributed by atoms with Gasteiger partial charge >= 0.3 is 0 Å². The molecule has 0 spiro atoms. The van der Waals surface area contributed by atoms with E-state index >= 15 is 0 Å². The quantitative estimate of drug-likeness (QED) is 0.856. The Kier molecular flexibility index (Phi) is 6.35. The monoisotopic (exact) mass is 333 g/mol. The van der Waals surface area contributed by atoms with E-state index in [0.29, 0.717) is 6.10 Å². The number of piperidine rings is 1. The molecule has 5 nitrogen and oxygen atoms in total. The number of benzene rings is 1. The van der Waals surface area contributed by atoms with Gasteiger partial charge in [0.1, 0.15) is 6.10 Å². The zero-order valence-electron chi connectivity index (χ0n) is 15.1. The van der Waals surface area contributed by atoms with Crippen LogP contribution in [0.2, 0.25) is 0 Å². The van der Waals surface area contributed by atoms with E-state index in [1.54, 1.807) is 7.11 Å². The predicted octanol–water partition coefficient (Wildman–Crippen LogP) is 1.62. The van der Waals surface area contributed by atoms with Crippen LogP contribution in [0.15, 0.2) is 18.2 Å². The maximum Gasteiger partial charge on any atom is 0.164 e. The molecular weight excluding hydrogens is 302 g/mol. The molecule has 2 fully saturated rings. The fourth-order valence-electron chi connectivity index (χ4n) is 3.54. The number of nitrogens with zero attached hydrogens (tertiary/aromatic N) is 2. The van der Waals surface area contributed by atoms with E-state index < -0.39 is 0 Å². The minimum absolute atomic E-state index is 0.301. The molecule has 3 rings (SSSR count). The molecule has 1 N–H and O–H groups in total. The fourth-order valence-corrected chi connectivity index (χ4v) is 3.54. The largest absolute Gasteiger partial charge is 0.493 e. The average molecular weight is 333 g/mol. The number of likely N-dealkylation sites (tertiary alicyclic amines) is 1. The van der Waals surface area contributed by atoms with Crippen LogP contribution in [0.1, 0.15) is 18.4 Å². The van der Waals surface area contributed by atoms with Gasteiger partial charge in [-0.1, -0.05) is 12.1 Å². The highest BCUT2D eigenvalue weighted by Gasteiger charge is 2.21. The van der Waals surface area contributed by atoms with E-state index in [0.717, 1.165) is 76.6 Å². The van der Waals surface area contributed by atoms with Crippen molar-refractivity contribution < 1.29 is 9.47 Å². The molecule has 2 saturated heterocycles. The van der Waals surface area contributed by atoms with Gasteiger partial charge in [-0.05, 0) is 37.9 Å². The molecule has 134 valence electrons. The van der Waals surface area contributed by atoms with E-state index in [2.05, 4.69) is 34.3 Å². The summed E-state index contributed by atoms with van der Waals surface area (Å²) in [6, 6.07) is 6.28. The Bertz CT molecular complexity index is 509. The number of nitrogens with one attached hydrogen (secondary N) is 1. The lowest BCUT2D eigenvalue weighted by Crippen LogP contribution is -2.44. The van der Waals surface area contributed by atoms with Gasteiger partial charge in [0, 0.05) is 45.8 Å². The molecule has 2 heterocycles. The van der Waals surface area contributed by atoms with E-state index in [4.69, 9.17) is 9.47 Å². The Balaban J connectivity index is 1.66. The molecule has 0 unspecified atom stereocenters. The number of ether oxygens (including phenoxy) is 2. The maximum absolute atomic E-state index is 6.41. The molecule has 2 aliphatic heterocycles. The topological polar surface area (TPSA) is 37.0 Å². The van der Waals surface area contributed by atoms with Gasteiger partial charge in [-0.2, -0.15) is 0 Å². The second-order valence-corrected chi connectivity index (χ2v) is 6.91. The molecule has 0 bridgehead atoms. The highest BCUT2D eigenvalue weighted by atomic mass is 16.5. The van der Waals surface area contributed by atoms with Crippen LogP contribution in [-0.2, 0) is 6.42 Å². The summed E-state index contributed by atoms with van der Waals surface area (Å²) in [5.41, 5.74) is 1.27. The van der Waals surface area contributed by atoms with Gasteiger partial charge in [-0.25, -0.2) is 0 Å². The Morgan fingerprint density at radius 1 is 1.12 bits per heavy atom. The van der Waals surface area contributed by atoms with Crippen molar-refractivity contribution in [1.82, 2.24) is 15.1 Å².